The predicted molar refractivity (Wildman–Crippen MR) is 89.5 cm³/mol. The molecule has 1 aromatic heterocycles. The standard InChI is InChI=1S/C16H24N6/c1-21-6-8-22(9-7-21)13-4-2-12(3-5-13)16-14(10-17)19-20-15(16)11-18/h2-5H,6-11,17-18H2,1H3,(H,19,20). The highest BCUT2D eigenvalue weighted by Crippen LogP contribution is 2.28. The molecule has 0 unspecified atom stereocenters. The maximum Gasteiger partial charge on any atom is 0.0839 e. The number of H-pyrrole nitrogens is 1. The molecule has 1 aliphatic rings. The zero-order valence-electron chi connectivity index (χ0n) is 13.0. The van der Waals surface area contributed by atoms with Crippen molar-refractivity contribution in [2.75, 3.05) is 38.1 Å². The Balaban J connectivity index is 1.84. The van der Waals surface area contributed by atoms with E-state index in [0.29, 0.717) is 13.1 Å². The Labute approximate surface area is 131 Å². The smallest absolute Gasteiger partial charge is 0.0839 e. The lowest BCUT2D eigenvalue weighted by atomic mass is 10.0. The first-order valence-electron chi connectivity index (χ1n) is 7.73. The van der Waals surface area contributed by atoms with Crippen LogP contribution >= 0.6 is 0 Å². The second-order valence-corrected chi connectivity index (χ2v) is 5.77. The number of nitrogens with one attached hydrogen (secondary N) is 1. The highest BCUT2D eigenvalue weighted by Gasteiger charge is 2.16. The number of aromatic nitrogens is 2. The Hall–Kier alpha value is -1.89. The predicted octanol–water partition coefficient (Wildman–Crippen LogP) is 0.746. The lowest BCUT2D eigenvalue weighted by molar-refractivity contribution is 0.313. The van der Waals surface area contributed by atoms with Crippen LogP contribution in [0.3, 0.4) is 0 Å². The molecule has 0 radical (unpaired) electrons. The average molecular weight is 300 g/mol. The maximum atomic E-state index is 5.79. The molecule has 2 heterocycles. The largest absolute Gasteiger partial charge is 0.369 e. The molecule has 2 aromatic rings. The van der Waals surface area contributed by atoms with Crippen LogP contribution < -0.4 is 16.4 Å². The number of hydrogen-bond acceptors (Lipinski definition) is 5. The summed E-state index contributed by atoms with van der Waals surface area (Å²) in [6.07, 6.45) is 0. The summed E-state index contributed by atoms with van der Waals surface area (Å²) < 4.78 is 0. The molecule has 1 aromatic carbocycles. The Morgan fingerprint density at radius 3 is 2.32 bits per heavy atom. The van der Waals surface area contributed by atoms with Gasteiger partial charge in [0.2, 0.25) is 0 Å². The fourth-order valence-corrected chi connectivity index (χ4v) is 2.96. The maximum absolute atomic E-state index is 5.79. The monoisotopic (exact) mass is 300 g/mol. The molecule has 6 nitrogen and oxygen atoms in total. The molecule has 1 aliphatic heterocycles. The van der Waals surface area contributed by atoms with E-state index in [-0.39, 0.29) is 0 Å². The minimum Gasteiger partial charge on any atom is -0.369 e. The van der Waals surface area contributed by atoms with Gasteiger partial charge in [0.15, 0.2) is 0 Å². The van der Waals surface area contributed by atoms with Gasteiger partial charge in [-0.2, -0.15) is 5.10 Å². The minimum atomic E-state index is 0.409. The second kappa shape index (κ2) is 6.48. The molecule has 0 aliphatic carbocycles. The van der Waals surface area contributed by atoms with Gasteiger partial charge < -0.3 is 21.3 Å². The number of piperazine rings is 1. The summed E-state index contributed by atoms with van der Waals surface area (Å²) in [4.78, 5) is 4.78. The van der Waals surface area contributed by atoms with Gasteiger partial charge in [-0.25, -0.2) is 0 Å². The minimum absolute atomic E-state index is 0.409. The summed E-state index contributed by atoms with van der Waals surface area (Å²) in [7, 11) is 2.17. The van der Waals surface area contributed by atoms with Crippen molar-refractivity contribution in [2.45, 2.75) is 13.1 Å². The van der Waals surface area contributed by atoms with Crippen LogP contribution in [0.1, 0.15) is 11.4 Å². The molecule has 22 heavy (non-hydrogen) atoms. The van der Waals surface area contributed by atoms with E-state index in [4.69, 9.17) is 11.5 Å². The van der Waals surface area contributed by atoms with E-state index < -0.39 is 0 Å². The first-order valence-corrected chi connectivity index (χ1v) is 7.73. The lowest BCUT2D eigenvalue weighted by Gasteiger charge is -2.34. The number of aromatic amines is 1. The van der Waals surface area contributed by atoms with Crippen LogP contribution in [0.25, 0.3) is 11.1 Å². The van der Waals surface area contributed by atoms with Crippen LogP contribution in [0.2, 0.25) is 0 Å². The summed E-state index contributed by atoms with van der Waals surface area (Å²) in [5.41, 5.74) is 16.8. The van der Waals surface area contributed by atoms with E-state index in [1.807, 2.05) is 0 Å². The van der Waals surface area contributed by atoms with Gasteiger partial charge in [-0.15, -0.1) is 0 Å². The van der Waals surface area contributed by atoms with Crippen molar-refractivity contribution in [2.24, 2.45) is 11.5 Å². The number of anilines is 1. The molecule has 6 heteroatoms. The summed E-state index contributed by atoms with van der Waals surface area (Å²) in [5.74, 6) is 0. The highest BCUT2D eigenvalue weighted by atomic mass is 15.2. The van der Waals surface area contributed by atoms with Crippen molar-refractivity contribution in [3.63, 3.8) is 0 Å². The fourth-order valence-electron chi connectivity index (χ4n) is 2.96. The van der Waals surface area contributed by atoms with E-state index in [1.165, 1.54) is 5.69 Å². The van der Waals surface area contributed by atoms with Crippen LogP contribution in [0.5, 0.6) is 0 Å². The zero-order chi connectivity index (χ0) is 15.5. The SMILES string of the molecule is CN1CCN(c2ccc(-c3c(CN)n[nH]c3CN)cc2)CC1. The van der Waals surface area contributed by atoms with E-state index in [9.17, 15) is 0 Å². The normalized spacial score (nSPS) is 16.2. The number of nitrogens with zero attached hydrogens (tertiary/aromatic N) is 3. The van der Waals surface area contributed by atoms with Crippen molar-refractivity contribution in [3.05, 3.63) is 35.7 Å². The molecule has 1 saturated heterocycles. The summed E-state index contributed by atoms with van der Waals surface area (Å²) in [5, 5.41) is 7.24. The molecule has 3 rings (SSSR count). The van der Waals surface area contributed by atoms with Crippen molar-refractivity contribution >= 4 is 5.69 Å². The molecule has 5 N–H and O–H groups in total. The molecular formula is C16H24N6. The fraction of sp³-hybridized carbons (Fsp3) is 0.438. The van der Waals surface area contributed by atoms with Gasteiger partial charge in [-0.1, -0.05) is 12.1 Å². The van der Waals surface area contributed by atoms with Gasteiger partial charge in [-0.3, -0.25) is 5.10 Å². The van der Waals surface area contributed by atoms with E-state index >= 15 is 0 Å². The van der Waals surface area contributed by atoms with Crippen molar-refractivity contribution in [1.29, 1.82) is 0 Å². The summed E-state index contributed by atoms with van der Waals surface area (Å²) in [6.45, 7) is 5.21. The second-order valence-electron chi connectivity index (χ2n) is 5.77. The van der Waals surface area contributed by atoms with Gasteiger partial charge in [0.05, 0.1) is 11.4 Å². The number of hydrogen-bond donors (Lipinski definition) is 3. The van der Waals surface area contributed by atoms with Crippen molar-refractivity contribution in [1.82, 2.24) is 15.1 Å². The third-order valence-electron chi connectivity index (χ3n) is 4.34. The number of likely N-dealkylation sites (N-methyl/N-ethyl adjacent to an activating group) is 1. The molecule has 0 atom stereocenters. The molecule has 0 bridgehead atoms. The molecule has 1 fully saturated rings. The van der Waals surface area contributed by atoms with Gasteiger partial charge in [0, 0.05) is 50.5 Å². The first kappa shape index (κ1) is 15.0. The van der Waals surface area contributed by atoms with E-state index in [2.05, 4.69) is 51.3 Å². The molecule has 118 valence electrons. The molecule has 0 saturated carbocycles. The van der Waals surface area contributed by atoms with Crippen molar-refractivity contribution < 1.29 is 0 Å². The van der Waals surface area contributed by atoms with E-state index in [1.54, 1.807) is 0 Å². The van der Waals surface area contributed by atoms with Gasteiger partial charge in [0.1, 0.15) is 0 Å². The molecule has 0 spiro atoms. The van der Waals surface area contributed by atoms with Crippen LogP contribution in [-0.2, 0) is 13.1 Å². The number of nitrogens with two attached hydrogens (primary N) is 2. The topological polar surface area (TPSA) is 87.2 Å². The first-order chi connectivity index (χ1) is 10.7. The lowest BCUT2D eigenvalue weighted by Crippen LogP contribution is -2.44. The number of benzene rings is 1. The third kappa shape index (κ3) is 2.85. The van der Waals surface area contributed by atoms with Crippen molar-refractivity contribution in [3.8, 4) is 11.1 Å². The Morgan fingerprint density at radius 2 is 1.73 bits per heavy atom. The Kier molecular flexibility index (Phi) is 4.42. The number of rotatable bonds is 4. The van der Waals surface area contributed by atoms with Gasteiger partial charge in [-0.05, 0) is 24.7 Å². The third-order valence-corrected chi connectivity index (χ3v) is 4.34. The van der Waals surface area contributed by atoms with Crippen LogP contribution in [-0.4, -0.2) is 48.3 Å². The zero-order valence-corrected chi connectivity index (χ0v) is 13.0. The van der Waals surface area contributed by atoms with Crippen LogP contribution in [0.15, 0.2) is 24.3 Å². The molecule has 0 amide bonds. The van der Waals surface area contributed by atoms with E-state index in [0.717, 1.165) is 48.7 Å². The summed E-state index contributed by atoms with van der Waals surface area (Å²) in [6, 6.07) is 8.62. The van der Waals surface area contributed by atoms with Gasteiger partial charge in [0.25, 0.3) is 0 Å². The summed E-state index contributed by atoms with van der Waals surface area (Å²) >= 11 is 0. The Morgan fingerprint density at radius 1 is 1.05 bits per heavy atom. The average Bonchev–Trinajstić information content (AvgIpc) is 2.99. The highest BCUT2D eigenvalue weighted by molar-refractivity contribution is 5.70. The Bertz CT molecular complexity index is 589. The molecular weight excluding hydrogens is 276 g/mol. The van der Waals surface area contributed by atoms with Crippen LogP contribution in [0, 0.1) is 0 Å². The van der Waals surface area contributed by atoms with Gasteiger partial charge >= 0.3 is 0 Å². The van der Waals surface area contributed by atoms with Crippen LogP contribution in [0.4, 0.5) is 5.69 Å². The quantitative estimate of drug-likeness (QED) is 0.775.